The quantitative estimate of drug-likeness (QED) is 0.461. The van der Waals surface area contributed by atoms with E-state index < -0.39 is 6.04 Å². The molecule has 0 saturated carbocycles. The maximum atomic E-state index is 13.2. The number of ether oxygens (including phenoxy) is 3. The number of nitrogens with one attached hydrogen (secondary N) is 1. The van der Waals surface area contributed by atoms with Crippen molar-refractivity contribution in [3.63, 3.8) is 0 Å². The molecular weight excluding hydrogens is 479 g/mol. The number of nitrogens with zero attached hydrogens (tertiary/aromatic N) is 3. The monoisotopic (exact) mass is 506 g/mol. The standard InChI is InChI=1S/C27H27FN4O5/c1-16-29-20(17-6-8-18(28)9-7-17)15-25(30-16)37-12-4-11-36-24-14-21-19(13-23(24)35-2)27(34)32-10-3-5-22(32)26(33)31-21/h6-9,13-15,22H,3-5,10-12H2,1-2H3,(H,31,33). The van der Waals surface area contributed by atoms with Gasteiger partial charge in [0.15, 0.2) is 11.5 Å². The van der Waals surface area contributed by atoms with E-state index in [1.54, 1.807) is 42.2 Å². The summed E-state index contributed by atoms with van der Waals surface area (Å²) in [5.41, 5.74) is 2.22. The van der Waals surface area contributed by atoms with Gasteiger partial charge in [0.2, 0.25) is 11.8 Å². The zero-order chi connectivity index (χ0) is 25.9. The van der Waals surface area contributed by atoms with E-state index >= 15 is 0 Å². The van der Waals surface area contributed by atoms with Crippen LogP contribution in [0.2, 0.25) is 0 Å². The number of aromatic nitrogens is 2. The second kappa shape index (κ2) is 10.4. The smallest absolute Gasteiger partial charge is 0.256 e. The van der Waals surface area contributed by atoms with Crippen LogP contribution in [0, 0.1) is 12.7 Å². The lowest BCUT2D eigenvalue weighted by Crippen LogP contribution is -2.40. The predicted molar refractivity (Wildman–Crippen MR) is 133 cm³/mol. The van der Waals surface area contributed by atoms with Gasteiger partial charge in [-0.2, -0.15) is 4.98 Å². The minimum Gasteiger partial charge on any atom is -0.493 e. The molecule has 2 aromatic carbocycles. The lowest BCUT2D eigenvalue weighted by atomic mass is 10.1. The number of aryl methyl sites for hydroxylation is 1. The molecule has 192 valence electrons. The van der Waals surface area contributed by atoms with E-state index in [0.717, 1.165) is 12.0 Å². The third-order valence-electron chi connectivity index (χ3n) is 6.36. The van der Waals surface area contributed by atoms with Gasteiger partial charge in [0.25, 0.3) is 5.91 Å². The SMILES string of the molecule is COc1cc2c(cc1OCCCOc1cc(-c3ccc(F)cc3)nc(C)n1)NC(=O)C1CCCN1C2=O. The molecule has 0 spiro atoms. The molecule has 0 bridgehead atoms. The van der Waals surface area contributed by atoms with E-state index in [2.05, 4.69) is 15.3 Å². The number of benzene rings is 2. The summed E-state index contributed by atoms with van der Waals surface area (Å²) >= 11 is 0. The van der Waals surface area contributed by atoms with E-state index in [-0.39, 0.29) is 17.6 Å². The first-order valence-corrected chi connectivity index (χ1v) is 12.1. The molecule has 1 atom stereocenters. The molecule has 2 aliphatic rings. The van der Waals surface area contributed by atoms with Crippen molar-refractivity contribution in [2.24, 2.45) is 0 Å². The Balaban J connectivity index is 1.22. The molecule has 0 aliphatic carbocycles. The van der Waals surface area contributed by atoms with E-state index in [1.165, 1.54) is 19.2 Å². The van der Waals surface area contributed by atoms with Crippen molar-refractivity contribution in [3.8, 4) is 28.6 Å². The number of anilines is 1. The van der Waals surface area contributed by atoms with Crippen LogP contribution in [0.3, 0.4) is 0 Å². The van der Waals surface area contributed by atoms with E-state index in [1.807, 2.05) is 0 Å². The van der Waals surface area contributed by atoms with Crippen molar-refractivity contribution in [2.75, 3.05) is 32.2 Å². The summed E-state index contributed by atoms with van der Waals surface area (Å²) in [7, 11) is 1.51. The van der Waals surface area contributed by atoms with Crippen LogP contribution >= 0.6 is 0 Å². The Bertz CT molecular complexity index is 1330. The van der Waals surface area contributed by atoms with Gasteiger partial charge in [0, 0.05) is 30.7 Å². The fourth-order valence-corrected chi connectivity index (χ4v) is 4.57. The van der Waals surface area contributed by atoms with Gasteiger partial charge < -0.3 is 24.4 Å². The van der Waals surface area contributed by atoms with Crippen molar-refractivity contribution in [1.82, 2.24) is 14.9 Å². The number of carbonyl (C=O) groups excluding carboxylic acids is 2. The van der Waals surface area contributed by atoms with Gasteiger partial charge in [-0.3, -0.25) is 9.59 Å². The van der Waals surface area contributed by atoms with Crippen LogP contribution in [0.4, 0.5) is 10.1 Å². The highest BCUT2D eigenvalue weighted by Gasteiger charge is 2.39. The highest BCUT2D eigenvalue weighted by Crippen LogP contribution is 2.37. The van der Waals surface area contributed by atoms with Crippen LogP contribution in [-0.2, 0) is 4.79 Å². The van der Waals surface area contributed by atoms with E-state index in [4.69, 9.17) is 14.2 Å². The first-order valence-electron chi connectivity index (χ1n) is 12.1. The second-order valence-electron chi connectivity index (χ2n) is 8.89. The van der Waals surface area contributed by atoms with Gasteiger partial charge in [0.05, 0.1) is 37.3 Å². The minimum atomic E-state index is -0.443. The topological polar surface area (TPSA) is 103 Å². The first kappa shape index (κ1) is 24.5. The Kier molecular flexibility index (Phi) is 6.89. The minimum absolute atomic E-state index is 0.186. The Hall–Kier alpha value is -4.21. The molecule has 37 heavy (non-hydrogen) atoms. The van der Waals surface area contributed by atoms with Crippen LogP contribution in [0.15, 0.2) is 42.5 Å². The molecule has 3 heterocycles. The maximum Gasteiger partial charge on any atom is 0.256 e. The van der Waals surface area contributed by atoms with Crippen LogP contribution in [0.5, 0.6) is 17.4 Å². The molecule has 2 amide bonds. The van der Waals surface area contributed by atoms with Crippen molar-refractivity contribution in [1.29, 1.82) is 0 Å². The molecule has 1 fully saturated rings. The molecule has 1 saturated heterocycles. The van der Waals surface area contributed by atoms with E-state index in [0.29, 0.717) is 72.7 Å². The number of amides is 2. The number of hydrogen-bond donors (Lipinski definition) is 1. The van der Waals surface area contributed by atoms with Crippen LogP contribution in [-0.4, -0.2) is 59.6 Å². The summed E-state index contributed by atoms with van der Waals surface area (Å²) in [6.45, 7) is 2.97. The summed E-state index contributed by atoms with van der Waals surface area (Å²) in [5, 5.41) is 2.87. The summed E-state index contributed by atoms with van der Waals surface area (Å²) in [6, 6.07) is 10.6. The molecule has 1 aromatic heterocycles. The molecular formula is C27H27FN4O5. The van der Waals surface area contributed by atoms with Gasteiger partial charge in [-0.05, 0) is 50.1 Å². The van der Waals surface area contributed by atoms with Crippen molar-refractivity contribution in [2.45, 2.75) is 32.2 Å². The van der Waals surface area contributed by atoms with Crippen molar-refractivity contribution >= 4 is 17.5 Å². The average molecular weight is 507 g/mol. The Morgan fingerprint density at radius 2 is 1.84 bits per heavy atom. The van der Waals surface area contributed by atoms with Gasteiger partial charge in [-0.15, -0.1) is 0 Å². The number of fused-ring (bicyclic) bond motifs is 2. The van der Waals surface area contributed by atoms with Gasteiger partial charge >= 0.3 is 0 Å². The van der Waals surface area contributed by atoms with Crippen LogP contribution in [0.1, 0.15) is 35.4 Å². The highest BCUT2D eigenvalue weighted by atomic mass is 19.1. The third kappa shape index (κ3) is 5.18. The van der Waals surface area contributed by atoms with Gasteiger partial charge in [0.1, 0.15) is 17.7 Å². The fraction of sp³-hybridized carbons (Fsp3) is 0.333. The molecule has 9 nitrogen and oxygen atoms in total. The molecule has 10 heteroatoms. The second-order valence-corrected chi connectivity index (χ2v) is 8.89. The van der Waals surface area contributed by atoms with Crippen LogP contribution < -0.4 is 19.5 Å². The third-order valence-corrected chi connectivity index (χ3v) is 6.36. The van der Waals surface area contributed by atoms with Crippen LogP contribution in [0.25, 0.3) is 11.3 Å². The van der Waals surface area contributed by atoms with Crippen molar-refractivity contribution < 1.29 is 28.2 Å². The number of methoxy groups -OCH3 is 1. The summed E-state index contributed by atoms with van der Waals surface area (Å²) in [5.74, 6) is 1.11. The number of carbonyl (C=O) groups is 2. The fourth-order valence-electron chi connectivity index (χ4n) is 4.57. The first-order chi connectivity index (χ1) is 17.9. The van der Waals surface area contributed by atoms with Crippen molar-refractivity contribution in [3.05, 3.63) is 59.7 Å². The average Bonchev–Trinajstić information content (AvgIpc) is 3.35. The Morgan fingerprint density at radius 3 is 2.62 bits per heavy atom. The molecule has 2 aliphatic heterocycles. The lowest BCUT2D eigenvalue weighted by molar-refractivity contribution is -0.119. The largest absolute Gasteiger partial charge is 0.493 e. The molecule has 3 aromatic rings. The number of halogens is 1. The molecule has 5 rings (SSSR count). The zero-order valence-electron chi connectivity index (χ0n) is 20.6. The number of hydrogen-bond acceptors (Lipinski definition) is 7. The summed E-state index contributed by atoms with van der Waals surface area (Å²) < 4.78 is 30.4. The predicted octanol–water partition coefficient (Wildman–Crippen LogP) is 4.00. The normalized spacial score (nSPS) is 16.5. The lowest BCUT2D eigenvalue weighted by Gasteiger charge is -2.20. The van der Waals surface area contributed by atoms with Gasteiger partial charge in [-0.25, -0.2) is 9.37 Å². The highest BCUT2D eigenvalue weighted by molar-refractivity contribution is 6.10. The zero-order valence-corrected chi connectivity index (χ0v) is 20.6. The van der Waals surface area contributed by atoms with E-state index in [9.17, 15) is 14.0 Å². The Labute approximate surface area is 213 Å². The Morgan fingerprint density at radius 1 is 1.05 bits per heavy atom. The number of rotatable bonds is 8. The maximum absolute atomic E-state index is 13.2. The molecule has 1 N–H and O–H groups in total. The summed E-state index contributed by atoms with van der Waals surface area (Å²) in [4.78, 5) is 36.0. The molecule has 0 radical (unpaired) electrons. The molecule has 1 unspecified atom stereocenters. The van der Waals surface area contributed by atoms with Gasteiger partial charge in [-0.1, -0.05) is 0 Å². The summed E-state index contributed by atoms with van der Waals surface area (Å²) in [6.07, 6.45) is 2.00.